The summed E-state index contributed by atoms with van der Waals surface area (Å²) in [5.41, 5.74) is 1.64. The first-order chi connectivity index (χ1) is 9.20. The van der Waals surface area contributed by atoms with E-state index in [-0.39, 0.29) is 0 Å². The molecule has 0 fully saturated rings. The summed E-state index contributed by atoms with van der Waals surface area (Å²) >= 11 is 0. The minimum Gasteiger partial charge on any atom is -0.493 e. The van der Waals surface area contributed by atoms with Gasteiger partial charge in [0.15, 0.2) is 11.5 Å². The molecule has 0 radical (unpaired) electrons. The normalized spacial score (nSPS) is 11.9. The third kappa shape index (κ3) is 3.45. The zero-order valence-electron chi connectivity index (χ0n) is 11.0. The number of rotatable bonds is 5. The zero-order chi connectivity index (χ0) is 13.7. The summed E-state index contributed by atoms with van der Waals surface area (Å²) in [4.78, 5) is 4.19. The van der Waals surface area contributed by atoms with Crippen LogP contribution in [-0.2, 0) is 6.61 Å². The van der Waals surface area contributed by atoms with E-state index in [4.69, 9.17) is 9.47 Å². The molecule has 0 aliphatic heterocycles. The molecule has 0 unspecified atom stereocenters. The number of ether oxygens (including phenoxy) is 2. The van der Waals surface area contributed by atoms with Gasteiger partial charge in [0, 0.05) is 6.20 Å². The van der Waals surface area contributed by atoms with Gasteiger partial charge in [0.2, 0.25) is 0 Å². The highest BCUT2D eigenvalue weighted by atomic mass is 16.5. The highest BCUT2D eigenvalue weighted by molar-refractivity contribution is 5.43. The fourth-order valence-corrected chi connectivity index (χ4v) is 1.70. The van der Waals surface area contributed by atoms with Crippen LogP contribution in [0.5, 0.6) is 11.5 Å². The second-order valence-corrected chi connectivity index (χ2v) is 4.20. The van der Waals surface area contributed by atoms with Crippen molar-refractivity contribution in [2.45, 2.75) is 19.6 Å². The van der Waals surface area contributed by atoms with Crippen molar-refractivity contribution < 1.29 is 14.6 Å². The molecule has 0 saturated carbocycles. The van der Waals surface area contributed by atoms with Crippen LogP contribution < -0.4 is 9.47 Å². The fraction of sp³-hybridized carbons (Fsp3) is 0.267. The Morgan fingerprint density at radius 2 is 2.05 bits per heavy atom. The predicted octanol–water partition coefficient (Wildman–Crippen LogP) is 2.72. The van der Waals surface area contributed by atoms with Crippen molar-refractivity contribution in [2.24, 2.45) is 0 Å². The fourth-order valence-electron chi connectivity index (χ4n) is 1.70. The van der Waals surface area contributed by atoms with Gasteiger partial charge in [0.05, 0.1) is 18.9 Å². The molecule has 0 saturated heterocycles. The van der Waals surface area contributed by atoms with E-state index in [0.717, 1.165) is 11.3 Å². The molecule has 1 aromatic heterocycles. The largest absolute Gasteiger partial charge is 0.493 e. The lowest BCUT2D eigenvalue weighted by atomic mass is 10.1. The quantitative estimate of drug-likeness (QED) is 0.897. The molecule has 4 nitrogen and oxygen atoms in total. The van der Waals surface area contributed by atoms with Crippen LogP contribution >= 0.6 is 0 Å². The molecule has 2 rings (SSSR count). The molecule has 1 atom stereocenters. The Kier molecular flexibility index (Phi) is 4.36. The van der Waals surface area contributed by atoms with Crippen LogP contribution in [0.2, 0.25) is 0 Å². The van der Waals surface area contributed by atoms with Gasteiger partial charge in [-0.2, -0.15) is 0 Å². The summed E-state index contributed by atoms with van der Waals surface area (Å²) in [5.74, 6) is 1.24. The van der Waals surface area contributed by atoms with E-state index in [1.165, 1.54) is 0 Å². The van der Waals surface area contributed by atoms with E-state index < -0.39 is 6.10 Å². The molecule has 4 heteroatoms. The van der Waals surface area contributed by atoms with Crippen molar-refractivity contribution in [3.05, 3.63) is 53.9 Å². The Balaban J connectivity index is 2.12. The number of aromatic nitrogens is 1. The molecule has 1 heterocycles. The average Bonchev–Trinajstić information content (AvgIpc) is 2.45. The maximum Gasteiger partial charge on any atom is 0.161 e. The maximum atomic E-state index is 9.54. The van der Waals surface area contributed by atoms with Crippen LogP contribution in [0.25, 0.3) is 0 Å². The molecule has 1 aromatic carbocycles. The van der Waals surface area contributed by atoms with Crippen LogP contribution in [0.3, 0.4) is 0 Å². The second-order valence-electron chi connectivity index (χ2n) is 4.20. The van der Waals surface area contributed by atoms with Crippen molar-refractivity contribution in [3.63, 3.8) is 0 Å². The average molecular weight is 259 g/mol. The van der Waals surface area contributed by atoms with E-state index in [1.807, 2.05) is 24.3 Å². The maximum absolute atomic E-state index is 9.54. The van der Waals surface area contributed by atoms with E-state index in [1.54, 1.807) is 32.4 Å². The first-order valence-electron chi connectivity index (χ1n) is 6.09. The van der Waals surface area contributed by atoms with Crippen molar-refractivity contribution in [3.8, 4) is 11.5 Å². The number of nitrogens with zero attached hydrogens (tertiary/aromatic N) is 1. The lowest BCUT2D eigenvalue weighted by Gasteiger charge is -2.13. The number of methoxy groups -OCH3 is 1. The topological polar surface area (TPSA) is 51.6 Å². The molecule has 1 N–H and O–H groups in total. The highest BCUT2D eigenvalue weighted by Gasteiger charge is 2.09. The summed E-state index contributed by atoms with van der Waals surface area (Å²) < 4.78 is 10.9. The minimum atomic E-state index is -0.529. The predicted molar refractivity (Wildman–Crippen MR) is 72.2 cm³/mol. The van der Waals surface area contributed by atoms with Crippen LogP contribution in [-0.4, -0.2) is 17.2 Å². The molecule has 0 bridgehead atoms. The third-order valence-corrected chi connectivity index (χ3v) is 2.77. The lowest BCUT2D eigenvalue weighted by molar-refractivity contribution is 0.198. The van der Waals surface area contributed by atoms with Gasteiger partial charge in [-0.15, -0.1) is 0 Å². The van der Waals surface area contributed by atoms with E-state index in [0.29, 0.717) is 18.1 Å². The number of benzene rings is 1. The van der Waals surface area contributed by atoms with Gasteiger partial charge in [-0.3, -0.25) is 4.98 Å². The Bertz CT molecular complexity index is 526. The number of pyridine rings is 1. The monoisotopic (exact) mass is 259 g/mol. The van der Waals surface area contributed by atoms with Gasteiger partial charge < -0.3 is 14.6 Å². The number of aliphatic hydroxyl groups is 1. The highest BCUT2D eigenvalue weighted by Crippen LogP contribution is 2.30. The van der Waals surface area contributed by atoms with Gasteiger partial charge in [0.1, 0.15) is 6.61 Å². The van der Waals surface area contributed by atoms with E-state index in [2.05, 4.69) is 4.98 Å². The molecule has 19 heavy (non-hydrogen) atoms. The van der Waals surface area contributed by atoms with Crippen LogP contribution in [0.4, 0.5) is 0 Å². The molecule has 0 amide bonds. The number of hydrogen-bond acceptors (Lipinski definition) is 4. The Hall–Kier alpha value is -2.07. The lowest BCUT2D eigenvalue weighted by Crippen LogP contribution is -2.00. The first-order valence-corrected chi connectivity index (χ1v) is 6.09. The Morgan fingerprint density at radius 3 is 2.68 bits per heavy atom. The van der Waals surface area contributed by atoms with Crippen LogP contribution in [0.15, 0.2) is 42.6 Å². The standard InChI is InChI=1S/C15H17NO3/c1-11(17)12-6-7-14(15(9-12)18-2)19-10-13-5-3-4-8-16-13/h3-9,11,17H,10H2,1-2H3/t11-/m1/s1. The molecule has 0 aliphatic rings. The van der Waals surface area contributed by atoms with Crippen LogP contribution in [0.1, 0.15) is 24.3 Å². The smallest absolute Gasteiger partial charge is 0.161 e. The van der Waals surface area contributed by atoms with Crippen molar-refractivity contribution in [1.29, 1.82) is 0 Å². The minimum absolute atomic E-state index is 0.380. The Morgan fingerprint density at radius 1 is 1.21 bits per heavy atom. The van der Waals surface area contributed by atoms with Crippen molar-refractivity contribution in [2.75, 3.05) is 7.11 Å². The SMILES string of the molecule is COc1cc([C@@H](C)O)ccc1OCc1ccccn1. The van der Waals surface area contributed by atoms with Gasteiger partial charge in [-0.05, 0) is 36.8 Å². The number of hydrogen-bond donors (Lipinski definition) is 1. The zero-order valence-corrected chi connectivity index (χ0v) is 11.0. The summed E-state index contributed by atoms with van der Waals surface area (Å²) in [6.07, 6.45) is 1.20. The van der Waals surface area contributed by atoms with Crippen LogP contribution in [0, 0.1) is 0 Å². The first kappa shape index (κ1) is 13.4. The summed E-state index contributed by atoms with van der Waals surface area (Å²) in [7, 11) is 1.58. The molecular formula is C15H17NO3. The summed E-state index contributed by atoms with van der Waals surface area (Å²) in [6.45, 7) is 2.09. The summed E-state index contributed by atoms with van der Waals surface area (Å²) in [5, 5.41) is 9.54. The molecule has 2 aromatic rings. The molecule has 100 valence electrons. The van der Waals surface area contributed by atoms with Crippen molar-refractivity contribution >= 4 is 0 Å². The van der Waals surface area contributed by atoms with Gasteiger partial charge in [-0.25, -0.2) is 0 Å². The van der Waals surface area contributed by atoms with Gasteiger partial charge in [-0.1, -0.05) is 12.1 Å². The van der Waals surface area contributed by atoms with E-state index in [9.17, 15) is 5.11 Å². The summed E-state index contributed by atoms with van der Waals surface area (Å²) in [6, 6.07) is 11.1. The molecular weight excluding hydrogens is 242 g/mol. The Labute approximate surface area is 112 Å². The van der Waals surface area contributed by atoms with E-state index >= 15 is 0 Å². The second kappa shape index (κ2) is 6.20. The number of aliphatic hydroxyl groups excluding tert-OH is 1. The third-order valence-electron chi connectivity index (χ3n) is 2.77. The van der Waals surface area contributed by atoms with Gasteiger partial charge in [0.25, 0.3) is 0 Å². The molecule has 0 spiro atoms. The molecule has 0 aliphatic carbocycles. The van der Waals surface area contributed by atoms with Crippen molar-refractivity contribution in [1.82, 2.24) is 4.98 Å². The van der Waals surface area contributed by atoms with Gasteiger partial charge >= 0.3 is 0 Å².